The monoisotopic (exact) mass is 512 g/mol. The van der Waals surface area contributed by atoms with Crippen LogP contribution in [0.25, 0.3) is 0 Å². The van der Waals surface area contributed by atoms with Crippen molar-refractivity contribution < 1.29 is 23.9 Å². The van der Waals surface area contributed by atoms with Crippen LogP contribution in [0.3, 0.4) is 0 Å². The number of hydrogen-bond donors (Lipinski definition) is 0. The highest BCUT2D eigenvalue weighted by molar-refractivity contribution is 6.00. The van der Waals surface area contributed by atoms with Gasteiger partial charge in [0.25, 0.3) is 0 Å². The molecule has 5 aliphatic carbocycles. The highest BCUT2D eigenvalue weighted by Gasteiger charge is 2.76. The summed E-state index contributed by atoms with van der Waals surface area (Å²) >= 11 is 0. The van der Waals surface area contributed by atoms with E-state index < -0.39 is 11.0 Å². The number of fused-ring (bicyclic) bond motifs is 7. The molecule has 2 aliphatic heterocycles. The van der Waals surface area contributed by atoms with E-state index in [4.69, 9.17) is 9.47 Å². The molecule has 5 heteroatoms. The summed E-state index contributed by atoms with van der Waals surface area (Å²) < 4.78 is 11.8. The predicted molar refractivity (Wildman–Crippen MR) is 140 cm³/mol. The molecule has 6 unspecified atom stereocenters. The number of carbonyl (C=O) groups excluding carboxylic acids is 3. The minimum atomic E-state index is -0.956. The minimum absolute atomic E-state index is 0.00294. The van der Waals surface area contributed by atoms with Crippen molar-refractivity contribution in [3.05, 3.63) is 0 Å². The van der Waals surface area contributed by atoms with Crippen molar-refractivity contribution in [2.45, 2.75) is 125 Å². The lowest BCUT2D eigenvalue weighted by Crippen LogP contribution is -2.74. The summed E-state index contributed by atoms with van der Waals surface area (Å²) in [5.74, 6) is 1.79. The van der Waals surface area contributed by atoms with Crippen molar-refractivity contribution in [3.63, 3.8) is 0 Å². The summed E-state index contributed by atoms with van der Waals surface area (Å²) in [5.41, 5.74) is -1.05. The van der Waals surface area contributed by atoms with Gasteiger partial charge in [-0.3, -0.25) is 14.4 Å². The molecule has 2 bridgehead atoms. The predicted octanol–water partition coefficient (Wildman–Crippen LogP) is 6.51. The van der Waals surface area contributed by atoms with Crippen molar-refractivity contribution in [3.8, 4) is 0 Å². The van der Waals surface area contributed by atoms with Crippen LogP contribution in [-0.4, -0.2) is 29.4 Å². The summed E-state index contributed by atoms with van der Waals surface area (Å²) in [7, 11) is 0. The molecule has 37 heavy (non-hydrogen) atoms. The van der Waals surface area contributed by atoms with Gasteiger partial charge in [-0.15, -0.1) is 0 Å². The number of rotatable bonds is 1. The first-order valence-corrected chi connectivity index (χ1v) is 15.0. The number of ether oxygens (including phenoxy) is 2. The largest absolute Gasteiger partial charge is 0.462 e. The molecule has 7 fully saturated rings. The van der Waals surface area contributed by atoms with Gasteiger partial charge in [0, 0.05) is 24.7 Å². The Morgan fingerprint density at radius 1 is 0.865 bits per heavy atom. The van der Waals surface area contributed by atoms with Crippen LogP contribution in [0.1, 0.15) is 113 Å². The molecule has 5 saturated carbocycles. The van der Waals surface area contributed by atoms with E-state index in [0.717, 1.165) is 32.1 Å². The van der Waals surface area contributed by atoms with Crippen LogP contribution in [0.15, 0.2) is 0 Å². The first kappa shape index (κ1) is 25.9. The molecular formula is C32H48O5. The summed E-state index contributed by atoms with van der Waals surface area (Å²) in [4.78, 5) is 38.5. The van der Waals surface area contributed by atoms with E-state index in [1.807, 2.05) is 6.92 Å². The molecule has 0 amide bonds. The Kier molecular flexibility index (Phi) is 5.18. The van der Waals surface area contributed by atoms with Crippen LogP contribution >= 0.6 is 0 Å². The van der Waals surface area contributed by atoms with Crippen LogP contribution in [0.4, 0.5) is 0 Å². The Bertz CT molecular complexity index is 1060. The third kappa shape index (κ3) is 2.85. The Hall–Kier alpha value is -1.39. The number of hydrogen-bond acceptors (Lipinski definition) is 5. The maximum Gasteiger partial charge on any atom is 0.313 e. The molecule has 7 rings (SSSR count). The van der Waals surface area contributed by atoms with Crippen LogP contribution in [0.2, 0.25) is 0 Å². The van der Waals surface area contributed by atoms with Gasteiger partial charge in [0.2, 0.25) is 0 Å². The van der Waals surface area contributed by atoms with Gasteiger partial charge in [-0.1, -0.05) is 41.5 Å². The van der Waals surface area contributed by atoms with Crippen LogP contribution in [0.5, 0.6) is 0 Å². The molecular weight excluding hydrogens is 464 g/mol. The SMILES string of the molecule is CC(=O)OC1CC[C@]2(C)C(CC[C@@]3(C)C2CCC2C4C(C)[C@@]5(C)OC(=O)[C@]4(CC[C@]23C)CC5=O)C1(C)C. The average molecular weight is 513 g/mol. The molecule has 206 valence electrons. The zero-order valence-electron chi connectivity index (χ0n) is 24.4. The van der Waals surface area contributed by atoms with Gasteiger partial charge in [-0.2, -0.15) is 0 Å². The minimum Gasteiger partial charge on any atom is -0.462 e. The lowest BCUT2D eigenvalue weighted by atomic mass is 9.30. The molecule has 0 aromatic heterocycles. The lowest BCUT2D eigenvalue weighted by Gasteiger charge is -2.74. The molecule has 7 aliphatic rings. The second-order valence-corrected chi connectivity index (χ2v) is 15.7. The molecule has 0 aromatic carbocycles. The fourth-order valence-corrected chi connectivity index (χ4v) is 12.3. The number of esters is 2. The molecule has 0 aromatic rings. The van der Waals surface area contributed by atoms with E-state index in [1.165, 1.54) is 19.3 Å². The molecule has 11 atom stereocenters. The number of ketones is 1. The van der Waals surface area contributed by atoms with E-state index in [-0.39, 0.29) is 57.3 Å². The van der Waals surface area contributed by atoms with E-state index >= 15 is 0 Å². The fraction of sp³-hybridized carbons (Fsp3) is 0.906. The number of carbonyl (C=O) groups is 3. The first-order chi connectivity index (χ1) is 17.1. The zero-order valence-corrected chi connectivity index (χ0v) is 24.4. The summed E-state index contributed by atoms with van der Waals surface area (Å²) in [6.07, 6.45) is 8.93. The Morgan fingerprint density at radius 3 is 2.24 bits per heavy atom. The van der Waals surface area contributed by atoms with E-state index in [2.05, 4.69) is 41.5 Å². The van der Waals surface area contributed by atoms with Gasteiger partial charge in [0.15, 0.2) is 11.4 Å². The van der Waals surface area contributed by atoms with E-state index in [9.17, 15) is 14.4 Å². The van der Waals surface area contributed by atoms with E-state index in [0.29, 0.717) is 24.2 Å². The molecule has 0 N–H and O–H groups in total. The fourth-order valence-electron chi connectivity index (χ4n) is 12.3. The Labute approximate surface area is 223 Å². The second-order valence-electron chi connectivity index (χ2n) is 15.7. The Morgan fingerprint density at radius 2 is 1.57 bits per heavy atom. The second kappa shape index (κ2) is 7.42. The summed E-state index contributed by atoms with van der Waals surface area (Å²) in [5, 5.41) is 0. The maximum atomic E-state index is 13.5. The van der Waals surface area contributed by atoms with Crippen molar-refractivity contribution in [2.75, 3.05) is 0 Å². The van der Waals surface area contributed by atoms with Gasteiger partial charge in [-0.25, -0.2) is 0 Å². The quantitative estimate of drug-likeness (QED) is 0.374. The zero-order chi connectivity index (χ0) is 27.0. The molecule has 2 heterocycles. The summed E-state index contributed by atoms with van der Waals surface area (Å²) in [6.45, 7) is 18.0. The average Bonchev–Trinajstić information content (AvgIpc) is 2.79. The maximum absolute atomic E-state index is 13.5. The molecule has 2 saturated heterocycles. The highest BCUT2D eigenvalue weighted by atomic mass is 16.6. The molecule has 5 nitrogen and oxygen atoms in total. The van der Waals surface area contributed by atoms with Crippen LogP contribution in [0, 0.1) is 56.7 Å². The van der Waals surface area contributed by atoms with Gasteiger partial charge in [-0.05, 0) is 98.2 Å². The van der Waals surface area contributed by atoms with Crippen molar-refractivity contribution >= 4 is 17.7 Å². The summed E-state index contributed by atoms with van der Waals surface area (Å²) in [6, 6.07) is 0. The van der Waals surface area contributed by atoms with Crippen LogP contribution < -0.4 is 0 Å². The van der Waals surface area contributed by atoms with E-state index in [1.54, 1.807) is 6.92 Å². The van der Waals surface area contributed by atoms with Gasteiger partial charge in [0.05, 0.1) is 5.41 Å². The third-order valence-corrected chi connectivity index (χ3v) is 14.5. The first-order valence-electron chi connectivity index (χ1n) is 15.0. The van der Waals surface area contributed by atoms with Gasteiger partial charge in [0.1, 0.15) is 6.10 Å². The number of Topliss-reactive ketones (excluding diaryl/α,β-unsaturated/α-hetero) is 1. The highest BCUT2D eigenvalue weighted by Crippen LogP contribution is 2.78. The van der Waals surface area contributed by atoms with Gasteiger partial charge < -0.3 is 9.47 Å². The van der Waals surface area contributed by atoms with Crippen molar-refractivity contribution in [2.24, 2.45) is 56.7 Å². The molecule has 1 spiro atoms. The van der Waals surface area contributed by atoms with Crippen molar-refractivity contribution in [1.82, 2.24) is 0 Å². The van der Waals surface area contributed by atoms with Crippen molar-refractivity contribution in [1.29, 1.82) is 0 Å². The van der Waals surface area contributed by atoms with Crippen LogP contribution in [-0.2, 0) is 23.9 Å². The topological polar surface area (TPSA) is 69.7 Å². The standard InChI is InChI=1S/C32H48O5/c1-18-25-20-9-10-22-28(5)13-12-24(36-19(2)33)27(3,4)21(28)11-14-30(22,7)29(20,6)15-16-32(25)17-23(34)31(18,8)37-26(32)35/h18,20-22,24-25H,9-17H2,1-8H3/t18?,20?,21?,22?,24?,25?,28-,29-,30+,31-,32-/m1/s1. The lowest BCUT2D eigenvalue weighted by molar-refractivity contribution is -0.281. The molecule has 0 radical (unpaired) electrons. The smallest absolute Gasteiger partial charge is 0.313 e. The van der Waals surface area contributed by atoms with Gasteiger partial charge >= 0.3 is 11.9 Å². The Balaban J connectivity index is 1.37. The normalized spacial score (nSPS) is 55.8. The third-order valence-electron chi connectivity index (χ3n) is 14.5.